The maximum atomic E-state index is 13.6. The quantitative estimate of drug-likeness (QED) is 0.755. The molecule has 1 nitrogen and oxygen atoms in total. The predicted molar refractivity (Wildman–Crippen MR) is 69.6 cm³/mol. The van der Waals surface area contributed by atoms with E-state index in [9.17, 15) is 27.1 Å². The van der Waals surface area contributed by atoms with E-state index in [2.05, 4.69) is 15.9 Å². The lowest BCUT2D eigenvalue weighted by atomic mass is 9.99. The Morgan fingerprint density at radius 3 is 2.29 bits per heavy atom. The summed E-state index contributed by atoms with van der Waals surface area (Å²) in [5.74, 6) is -2.48. The van der Waals surface area contributed by atoms with E-state index in [1.54, 1.807) is 0 Å². The fourth-order valence-electron chi connectivity index (χ4n) is 1.83. The number of alkyl halides is 3. The van der Waals surface area contributed by atoms with Gasteiger partial charge in [0.15, 0.2) is 11.6 Å². The van der Waals surface area contributed by atoms with Crippen LogP contribution < -0.4 is 0 Å². The van der Waals surface area contributed by atoms with Crippen LogP contribution in [0.5, 0.6) is 0 Å². The Balaban J connectivity index is 2.53. The summed E-state index contributed by atoms with van der Waals surface area (Å²) in [5.41, 5.74) is -1.62. The fraction of sp³-hybridized carbons (Fsp3) is 0.143. The Kier molecular flexibility index (Phi) is 4.34. The molecule has 0 aliphatic carbocycles. The monoisotopic (exact) mass is 366 g/mol. The van der Waals surface area contributed by atoms with Crippen molar-refractivity contribution in [1.82, 2.24) is 0 Å². The summed E-state index contributed by atoms with van der Waals surface area (Å²) in [5, 5.41) is 10.1. The maximum absolute atomic E-state index is 13.6. The third-order valence-electron chi connectivity index (χ3n) is 2.89. The van der Waals surface area contributed by atoms with Crippen molar-refractivity contribution < 1.29 is 27.1 Å². The summed E-state index contributed by atoms with van der Waals surface area (Å²) in [6, 6.07) is 5.74. The van der Waals surface area contributed by atoms with Gasteiger partial charge in [0.1, 0.15) is 6.10 Å². The van der Waals surface area contributed by atoms with Crippen molar-refractivity contribution in [3.8, 4) is 0 Å². The molecule has 0 heterocycles. The number of hydrogen-bond acceptors (Lipinski definition) is 1. The molecule has 0 aromatic heterocycles. The van der Waals surface area contributed by atoms with Gasteiger partial charge in [-0.2, -0.15) is 13.2 Å². The summed E-state index contributed by atoms with van der Waals surface area (Å²) in [4.78, 5) is 0. The molecule has 0 bridgehead atoms. The van der Waals surface area contributed by atoms with Gasteiger partial charge in [0, 0.05) is 10.0 Å². The van der Waals surface area contributed by atoms with Gasteiger partial charge in [-0.1, -0.05) is 28.1 Å². The van der Waals surface area contributed by atoms with Crippen molar-refractivity contribution in [3.05, 3.63) is 69.2 Å². The van der Waals surface area contributed by atoms with Crippen molar-refractivity contribution in [1.29, 1.82) is 0 Å². The van der Waals surface area contributed by atoms with E-state index in [0.717, 1.165) is 24.3 Å². The number of rotatable bonds is 2. The zero-order valence-electron chi connectivity index (χ0n) is 10.3. The van der Waals surface area contributed by atoms with E-state index in [0.29, 0.717) is 6.07 Å². The summed E-state index contributed by atoms with van der Waals surface area (Å²) in [6.07, 6.45) is -6.33. The number of hydrogen-bond donors (Lipinski definition) is 1. The van der Waals surface area contributed by atoms with Gasteiger partial charge in [-0.15, -0.1) is 0 Å². The van der Waals surface area contributed by atoms with Crippen molar-refractivity contribution in [2.75, 3.05) is 0 Å². The van der Waals surface area contributed by atoms with Crippen LogP contribution >= 0.6 is 15.9 Å². The first kappa shape index (κ1) is 15.9. The van der Waals surface area contributed by atoms with Gasteiger partial charge < -0.3 is 5.11 Å². The van der Waals surface area contributed by atoms with E-state index in [1.165, 1.54) is 6.07 Å². The second-order valence-corrected chi connectivity index (χ2v) is 5.13. The average Bonchev–Trinajstić information content (AvgIpc) is 2.40. The number of benzene rings is 2. The standard InChI is InChI=1S/C14H8BrF5O/c15-10-5-4-7(14(18,19)20)6-9(10)13(21)8-2-1-3-11(16)12(8)17/h1-6,13,21H. The lowest BCUT2D eigenvalue weighted by Gasteiger charge is -2.16. The zero-order chi connectivity index (χ0) is 15.8. The van der Waals surface area contributed by atoms with Gasteiger partial charge in [0.25, 0.3) is 0 Å². The van der Waals surface area contributed by atoms with Crippen LogP contribution in [0.25, 0.3) is 0 Å². The zero-order valence-corrected chi connectivity index (χ0v) is 11.8. The molecule has 7 heteroatoms. The summed E-state index contributed by atoms with van der Waals surface area (Å²) in [6.45, 7) is 0. The normalized spacial score (nSPS) is 13.3. The van der Waals surface area contributed by atoms with Gasteiger partial charge in [-0.05, 0) is 29.8 Å². The molecule has 1 unspecified atom stereocenters. The predicted octanol–water partition coefficient (Wildman–Crippen LogP) is 4.83. The van der Waals surface area contributed by atoms with Crippen LogP contribution in [0, 0.1) is 11.6 Å². The SMILES string of the molecule is OC(c1cc(C(F)(F)F)ccc1Br)c1cccc(F)c1F. The number of aliphatic hydroxyl groups excluding tert-OH is 1. The third kappa shape index (κ3) is 3.24. The Morgan fingerprint density at radius 2 is 1.67 bits per heavy atom. The maximum Gasteiger partial charge on any atom is 0.416 e. The minimum Gasteiger partial charge on any atom is -0.384 e. The van der Waals surface area contributed by atoms with Crippen LogP contribution in [0.3, 0.4) is 0 Å². The molecule has 1 N–H and O–H groups in total. The fourth-order valence-corrected chi connectivity index (χ4v) is 2.29. The Hall–Kier alpha value is -1.47. The first-order valence-corrected chi connectivity index (χ1v) is 6.49. The van der Waals surface area contributed by atoms with Gasteiger partial charge in [-0.3, -0.25) is 0 Å². The highest BCUT2D eigenvalue weighted by atomic mass is 79.9. The van der Waals surface area contributed by atoms with Crippen molar-refractivity contribution >= 4 is 15.9 Å². The molecule has 2 aromatic rings. The minimum absolute atomic E-state index is 0.159. The van der Waals surface area contributed by atoms with E-state index >= 15 is 0 Å². The molecule has 2 rings (SSSR count). The van der Waals surface area contributed by atoms with Crippen LogP contribution in [-0.2, 0) is 6.18 Å². The summed E-state index contributed by atoms with van der Waals surface area (Å²) in [7, 11) is 0. The molecule has 2 aromatic carbocycles. The Labute approximate surface area is 125 Å². The van der Waals surface area contributed by atoms with Gasteiger partial charge in [0.05, 0.1) is 5.56 Å². The summed E-state index contributed by atoms with van der Waals surface area (Å²) < 4.78 is 65.0. The van der Waals surface area contributed by atoms with Crippen LogP contribution in [-0.4, -0.2) is 5.11 Å². The van der Waals surface area contributed by atoms with Crippen molar-refractivity contribution in [2.45, 2.75) is 12.3 Å². The molecule has 112 valence electrons. The van der Waals surface area contributed by atoms with E-state index < -0.39 is 35.0 Å². The highest BCUT2D eigenvalue weighted by Crippen LogP contribution is 2.36. The molecule has 21 heavy (non-hydrogen) atoms. The molecule has 0 amide bonds. The van der Waals surface area contributed by atoms with Crippen LogP contribution in [0.15, 0.2) is 40.9 Å². The first-order chi connectivity index (χ1) is 9.71. The van der Waals surface area contributed by atoms with Gasteiger partial charge in [-0.25, -0.2) is 8.78 Å². The first-order valence-electron chi connectivity index (χ1n) is 5.70. The molecular weight excluding hydrogens is 359 g/mol. The molecule has 0 radical (unpaired) electrons. The molecule has 0 aliphatic rings. The second kappa shape index (κ2) is 5.73. The molecule has 0 aliphatic heterocycles. The molecule has 1 atom stereocenters. The molecule has 0 fully saturated rings. The van der Waals surface area contributed by atoms with Crippen LogP contribution in [0.2, 0.25) is 0 Å². The molecule has 0 saturated carbocycles. The third-order valence-corrected chi connectivity index (χ3v) is 3.62. The number of halogens is 6. The lowest BCUT2D eigenvalue weighted by molar-refractivity contribution is -0.137. The van der Waals surface area contributed by atoms with E-state index in [-0.39, 0.29) is 10.0 Å². The molecule has 0 spiro atoms. The van der Waals surface area contributed by atoms with Crippen LogP contribution in [0.4, 0.5) is 22.0 Å². The number of aliphatic hydroxyl groups is 1. The van der Waals surface area contributed by atoms with Gasteiger partial charge in [0.2, 0.25) is 0 Å². The highest BCUT2D eigenvalue weighted by Gasteiger charge is 2.32. The largest absolute Gasteiger partial charge is 0.416 e. The van der Waals surface area contributed by atoms with Gasteiger partial charge >= 0.3 is 6.18 Å². The lowest BCUT2D eigenvalue weighted by Crippen LogP contribution is -2.09. The van der Waals surface area contributed by atoms with Crippen molar-refractivity contribution in [2.24, 2.45) is 0 Å². The molecule has 0 saturated heterocycles. The minimum atomic E-state index is -4.60. The topological polar surface area (TPSA) is 20.2 Å². The smallest absolute Gasteiger partial charge is 0.384 e. The van der Waals surface area contributed by atoms with E-state index in [1.807, 2.05) is 0 Å². The average molecular weight is 367 g/mol. The second-order valence-electron chi connectivity index (χ2n) is 4.28. The highest BCUT2D eigenvalue weighted by molar-refractivity contribution is 9.10. The van der Waals surface area contributed by atoms with Crippen LogP contribution in [0.1, 0.15) is 22.8 Å². The Bertz CT molecular complexity index is 669. The Morgan fingerprint density at radius 1 is 1.00 bits per heavy atom. The summed E-state index contributed by atoms with van der Waals surface area (Å²) >= 11 is 2.99. The van der Waals surface area contributed by atoms with Crippen molar-refractivity contribution in [3.63, 3.8) is 0 Å². The van der Waals surface area contributed by atoms with E-state index in [4.69, 9.17) is 0 Å². The molecular formula is C14H8BrF5O.